The summed E-state index contributed by atoms with van der Waals surface area (Å²) in [5.74, 6) is 1.82. The molecule has 1 N–H and O–H groups in total. The van der Waals surface area contributed by atoms with Gasteiger partial charge in [-0.05, 0) is 31.0 Å². The van der Waals surface area contributed by atoms with Crippen molar-refractivity contribution in [1.82, 2.24) is 14.8 Å². The van der Waals surface area contributed by atoms with Crippen molar-refractivity contribution in [3.8, 4) is 0 Å². The average molecular weight is 277 g/mol. The van der Waals surface area contributed by atoms with Gasteiger partial charge in [0, 0.05) is 11.4 Å². The zero-order chi connectivity index (χ0) is 13.7. The number of aromatic nitrogens is 3. The summed E-state index contributed by atoms with van der Waals surface area (Å²) in [4.78, 5) is 5.46. The lowest BCUT2D eigenvalue weighted by molar-refractivity contribution is 0.199. The predicted octanol–water partition coefficient (Wildman–Crippen LogP) is 3.03. The number of aliphatic hydroxyl groups excluding tert-OH is 1. The van der Waals surface area contributed by atoms with Gasteiger partial charge in [-0.15, -0.1) is 11.8 Å². The predicted molar refractivity (Wildman–Crippen MR) is 76.9 cm³/mol. The summed E-state index contributed by atoms with van der Waals surface area (Å²) in [5, 5.41) is 13.7. The first kappa shape index (κ1) is 14.1. The molecule has 1 aromatic heterocycles. The monoisotopic (exact) mass is 277 g/mol. The van der Waals surface area contributed by atoms with Gasteiger partial charge in [-0.2, -0.15) is 5.10 Å². The van der Waals surface area contributed by atoms with Crippen LogP contribution in [0.5, 0.6) is 0 Å². The third kappa shape index (κ3) is 3.81. The highest BCUT2D eigenvalue weighted by Crippen LogP contribution is 2.23. The highest BCUT2D eigenvalue weighted by molar-refractivity contribution is 7.98. The topological polar surface area (TPSA) is 50.9 Å². The van der Waals surface area contributed by atoms with Crippen molar-refractivity contribution in [2.75, 3.05) is 0 Å². The lowest BCUT2D eigenvalue weighted by Crippen LogP contribution is -2.04. The maximum Gasteiger partial charge on any atom is 0.138 e. The number of nitrogens with zero attached hydrogens (tertiary/aromatic N) is 3. The normalized spacial score (nSPS) is 12.6. The minimum Gasteiger partial charge on any atom is -0.389 e. The summed E-state index contributed by atoms with van der Waals surface area (Å²) in [7, 11) is 0. The Bertz CT molecular complexity index is 508. The molecular formula is C14H19N3OS. The van der Waals surface area contributed by atoms with E-state index >= 15 is 0 Å². The van der Waals surface area contributed by atoms with E-state index in [4.69, 9.17) is 0 Å². The van der Waals surface area contributed by atoms with Gasteiger partial charge in [0.1, 0.15) is 12.2 Å². The second kappa shape index (κ2) is 6.73. The summed E-state index contributed by atoms with van der Waals surface area (Å²) >= 11 is 1.73. The van der Waals surface area contributed by atoms with Gasteiger partial charge in [0.25, 0.3) is 0 Å². The number of hydrogen-bond acceptors (Lipinski definition) is 4. The van der Waals surface area contributed by atoms with Crippen LogP contribution in [0, 0.1) is 0 Å². The summed E-state index contributed by atoms with van der Waals surface area (Å²) < 4.78 is 1.96. The molecular weight excluding hydrogens is 258 g/mol. The minimum absolute atomic E-state index is 0.410. The molecule has 0 fully saturated rings. The number of aryl methyl sites for hydroxylation is 1. The van der Waals surface area contributed by atoms with Gasteiger partial charge in [0.2, 0.25) is 0 Å². The van der Waals surface area contributed by atoms with E-state index in [1.165, 1.54) is 4.90 Å². The van der Waals surface area contributed by atoms with Crippen LogP contribution in [0.15, 0.2) is 35.5 Å². The molecule has 1 heterocycles. The first-order valence-electron chi connectivity index (χ1n) is 6.48. The molecule has 1 unspecified atom stereocenters. The third-order valence-electron chi connectivity index (χ3n) is 2.86. The van der Waals surface area contributed by atoms with Crippen LogP contribution in [0.1, 0.15) is 37.8 Å². The van der Waals surface area contributed by atoms with E-state index in [-0.39, 0.29) is 0 Å². The Kier molecular flexibility index (Phi) is 4.99. The maximum absolute atomic E-state index is 9.46. The first-order chi connectivity index (χ1) is 9.20. The van der Waals surface area contributed by atoms with E-state index in [0.717, 1.165) is 30.1 Å². The average Bonchev–Trinajstić information content (AvgIpc) is 2.85. The van der Waals surface area contributed by atoms with Gasteiger partial charge in [-0.25, -0.2) is 9.67 Å². The third-order valence-corrected chi connectivity index (χ3v) is 3.87. The summed E-state index contributed by atoms with van der Waals surface area (Å²) in [6, 6.07) is 7.99. The molecule has 0 aliphatic carbocycles. The highest BCUT2D eigenvalue weighted by atomic mass is 32.2. The van der Waals surface area contributed by atoms with Gasteiger partial charge in [0.05, 0.1) is 11.9 Å². The van der Waals surface area contributed by atoms with E-state index in [1.54, 1.807) is 25.0 Å². The minimum atomic E-state index is -0.410. The molecule has 2 aromatic rings. The van der Waals surface area contributed by atoms with Crippen molar-refractivity contribution in [2.24, 2.45) is 0 Å². The molecule has 0 aliphatic rings. The molecule has 0 saturated carbocycles. The standard InChI is InChI=1S/C14H19N3OS/c1-3-8-17-14(15-10-16-17)9-19-13-6-4-12(5-7-13)11(2)18/h4-7,10-11,18H,3,8-9H2,1-2H3. The van der Waals surface area contributed by atoms with Crippen LogP contribution in [-0.4, -0.2) is 19.9 Å². The van der Waals surface area contributed by atoms with Crippen LogP contribution in [-0.2, 0) is 12.3 Å². The van der Waals surface area contributed by atoms with Gasteiger partial charge < -0.3 is 5.11 Å². The summed E-state index contributed by atoms with van der Waals surface area (Å²) in [5.41, 5.74) is 0.943. The largest absolute Gasteiger partial charge is 0.389 e. The van der Waals surface area contributed by atoms with Gasteiger partial charge in [-0.1, -0.05) is 19.1 Å². The lowest BCUT2D eigenvalue weighted by atomic mass is 10.1. The fourth-order valence-corrected chi connectivity index (χ4v) is 2.64. The molecule has 2 rings (SSSR count). The lowest BCUT2D eigenvalue weighted by Gasteiger charge is -2.07. The van der Waals surface area contributed by atoms with Crippen LogP contribution >= 0.6 is 11.8 Å². The van der Waals surface area contributed by atoms with Crippen LogP contribution < -0.4 is 0 Å². The maximum atomic E-state index is 9.46. The zero-order valence-corrected chi connectivity index (χ0v) is 12.1. The van der Waals surface area contributed by atoms with Gasteiger partial charge in [-0.3, -0.25) is 0 Å². The van der Waals surface area contributed by atoms with Crippen LogP contribution in [0.2, 0.25) is 0 Å². The molecule has 0 aliphatic heterocycles. The molecule has 1 aromatic carbocycles. The van der Waals surface area contributed by atoms with Crippen molar-refractivity contribution >= 4 is 11.8 Å². The number of benzene rings is 1. The Labute approximate surface area is 117 Å². The molecule has 5 heteroatoms. The van der Waals surface area contributed by atoms with Crippen LogP contribution in [0.25, 0.3) is 0 Å². The van der Waals surface area contributed by atoms with E-state index in [9.17, 15) is 5.11 Å². The summed E-state index contributed by atoms with van der Waals surface area (Å²) in [6.45, 7) is 4.82. The van der Waals surface area contributed by atoms with Gasteiger partial charge >= 0.3 is 0 Å². The number of aliphatic hydroxyl groups is 1. The van der Waals surface area contributed by atoms with Crippen LogP contribution in [0.3, 0.4) is 0 Å². The highest BCUT2D eigenvalue weighted by Gasteiger charge is 2.05. The fourth-order valence-electron chi connectivity index (χ4n) is 1.79. The number of hydrogen-bond donors (Lipinski definition) is 1. The second-order valence-electron chi connectivity index (χ2n) is 4.43. The molecule has 102 valence electrons. The Hall–Kier alpha value is -1.33. The molecule has 0 bridgehead atoms. The molecule has 0 radical (unpaired) electrons. The SMILES string of the molecule is CCCn1ncnc1CSc1ccc(C(C)O)cc1. The molecule has 0 saturated heterocycles. The number of rotatable bonds is 6. The summed E-state index contributed by atoms with van der Waals surface area (Å²) in [6.07, 6.45) is 2.26. The van der Waals surface area contributed by atoms with E-state index < -0.39 is 6.10 Å². The first-order valence-corrected chi connectivity index (χ1v) is 7.46. The Morgan fingerprint density at radius 1 is 1.32 bits per heavy atom. The number of thioether (sulfide) groups is 1. The Balaban J connectivity index is 1.96. The second-order valence-corrected chi connectivity index (χ2v) is 5.48. The van der Waals surface area contributed by atoms with Crippen molar-refractivity contribution in [3.05, 3.63) is 42.0 Å². The van der Waals surface area contributed by atoms with Crippen LogP contribution in [0.4, 0.5) is 0 Å². The van der Waals surface area contributed by atoms with E-state index in [0.29, 0.717) is 0 Å². The zero-order valence-electron chi connectivity index (χ0n) is 11.3. The molecule has 19 heavy (non-hydrogen) atoms. The molecule has 0 amide bonds. The Morgan fingerprint density at radius 2 is 2.05 bits per heavy atom. The molecule has 4 nitrogen and oxygen atoms in total. The van der Waals surface area contributed by atoms with Crippen molar-refractivity contribution in [2.45, 2.75) is 43.6 Å². The van der Waals surface area contributed by atoms with Crippen molar-refractivity contribution in [1.29, 1.82) is 0 Å². The van der Waals surface area contributed by atoms with Crippen molar-refractivity contribution in [3.63, 3.8) is 0 Å². The van der Waals surface area contributed by atoms with Gasteiger partial charge in [0.15, 0.2) is 0 Å². The van der Waals surface area contributed by atoms with Crippen molar-refractivity contribution < 1.29 is 5.11 Å². The Morgan fingerprint density at radius 3 is 2.68 bits per heavy atom. The smallest absolute Gasteiger partial charge is 0.138 e. The fraction of sp³-hybridized carbons (Fsp3) is 0.429. The van der Waals surface area contributed by atoms with E-state index in [2.05, 4.69) is 17.0 Å². The molecule has 1 atom stereocenters. The quantitative estimate of drug-likeness (QED) is 0.825. The molecule has 0 spiro atoms. The van der Waals surface area contributed by atoms with E-state index in [1.807, 2.05) is 28.9 Å².